The van der Waals surface area contributed by atoms with Crippen LogP contribution in [-0.4, -0.2) is 17.6 Å². The molecule has 0 saturated heterocycles. The summed E-state index contributed by atoms with van der Waals surface area (Å²) < 4.78 is 38.6. The number of alkyl halides is 3. The van der Waals surface area contributed by atoms with Gasteiger partial charge in [-0.15, -0.1) is 0 Å². The van der Waals surface area contributed by atoms with Gasteiger partial charge in [-0.25, -0.2) is 0 Å². The topological polar surface area (TPSA) is 49.3 Å². The summed E-state index contributed by atoms with van der Waals surface area (Å²) in [7, 11) is 0. The van der Waals surface area contributed by atoms with Gasteiger partial charge in [0.15, 0.2) is 0 Å². The van der Waals surface area contributed by atoms with E-state index in [0.717, 1.165) is 17.7 Å². The predicted octanol–water partition coefficient (Wildman–Crippen LogP) is 3.76. The number of carbonyl (C=O) groups is 1. The van der Waals surface area contributed by atoms with E-state index in [1.807, 2.05) is 0 Å². The second kappa shape index (κ2) is 6.73. The minimum absolute atomic E-state index is 0.0271. The molecule has 2 aromatic carbocycles. The van der Waals surface area contributed by atoms with E-state index in [9.17, 15) is 23.1 Å². The van der Waals surface area contributed by atoms with Crippen molar-refractivity contribution in [1.82, 2.24) is 5.32 Å². The molecule has 6 heteroatoms. The van der Waals surface area contributed by atoms with Crippen LogP contribution in [0.4, 0.5) is 13.2 Å². The zero-order valence-electron chi connectivity index (χ0n) is 12.4. The van der Waals surface area contributed by atoms with Gasteiger partial charge in [0, 0.05) is 13.5 Å². The van der Waals surface area contributed by atoms with Gasteiger partial charge >= 0.3 is 6.18 Å². The first-order valence-corrected chi connectivity index (χ1v) is 7.01. The lowest BCUT2D eigenvalue weighted by molar-refractivity contribution is -0.137. The molecule has 0 radical (unpaired) electrons. The monoisotopic (exact) mass is 323 g/mol. The number of carbonyl (C=O) groups excluding carboxylic acids is 1. The number of halogens is 3. The lowest BCUT2D eigenvalue weighted by Crippen LogP contribution is -2.22. The van der Waals surface area contributed by atoms with Crippen LogP contribution in [0.3, 0.4) is 0 Å². The van der Waals surface area contributed by atoms with Crippen molar-refractivity contribution in [3.8, 4) is 16.9 Å². The summed E-state index contributed by atoms with van der Waals surface area (Å²) in [6, 6.07) is 9.50. The molecule has 122 valence electrons. The van der Waals surface area contributed by atoms with Crippen LogP contribution in [0.5, 0.6) is 5.75 Å². The highest BCUT2D eigenvalue weighted by molar-refractivity contribution is 5.73. The Kier molecular flexibility index (Phi) is 4.93. The van der Waals surface area contributed by atoms with Crippen molar-refractivity contribution in [2.24, 2.45) is 0 Å². The smallest absolute Gasteiger partial charge is 0.416 e. The highest BCUT2D eigenvalue weighted by Crippen LogP contribution is 2.34. The molecule has 0 aliphatic heterocycles. The summed E-state index contributed by atoms with van der Waals surface area (Å²) >= 11 is 0. The molecule has 0 spiro atoms. The standard InChI is InChI=1S/C17H16F3NO2/c1-11(22)21-8-7-12-5-6-15(23)10-16(12)13-3-2-4-14(9-13)17(18,19)20/h2-6,9-10,23H,7-8H2,1H3,(H,21,22). The van der Waals surface area contributed by atoms with Crippen LogP contribution in [-0.2, 0) is 17.4 Å². The highest BCUT2D eigenvalue weighted by Gasteiger charge is 2.30. The van der Waals surface area contributed by atoms with Crippen LogP contribution in [0.1, 0.15) is 18.1 Å². The molecule has 0 atom stereocenters. The van der Waals surface area contributed by atoms with E-state index < -0.39 is 11.7 Å². The van der Waals surface area contributed by atoms with E-state index in [1.54, 1.807) is 12.1 Å². The third-order valence-electron chi connectivity index (χ3n) is 3.36. The molecule has 0 aliphatic rings. The Morgan fingerprint density at radius 2 is 1.91 bits per heavy atom. The van der Waals surface area contributed by atoms with Crippen molar-refractivity contribution in [3.05, 3.63) is 53.6 Å². The Morgan fingerprint density at radius 1 is 1.17 bits per heavy atom. The SMILES string of the molecule is CC(=O)NCCc1ccc(O)cc1-c1cccc(C(F)(F)F)c1. The van der Waals surface area contributed by atoms with E-state index in [1.165, 1.54) is 25.1 Å². The van der Waals surface area contributed by atoms with Crippen molar-refractivity contribution in [3.63, 3.8) is 0 Å². The van der Waals surface area contributed by atoms with E-state index in [2.05, 4.69) is 5.32 Å². The van der Waals surface area contributed by atoms with Crippen molar-refractivity contribution >= 4 is 5.91 Å². The molecule has 23 heavy (non-hydrogen) atoms. The maximum absolute atomic E-state index is 12.9. The van der Waals surface area contributed by atoms with Crippen molar-refractivity contribution in [2.45, 2.75) is 19.5 Å². The largest absolute Gasteiger partial charge is 0.508 e. The molecule has 0 aromatic heterocycles. The van der Waals surface area contributed by atoms with Crippen LogP contribution in [0, 0.1) is 0 Å². The minimum atomic E-state index is -4.43. The summed E-state index contributed by atoms with van der Waals surface area (Å²) in [6.45, 7) is 1.76. The van der Waals surface area contributed by atoms with Gasteiger partial charge < -0.3 is 10.4 Å². The first-order valence-electron chi connectivity index (χ1n) is 7.01. The van der Waals surface area contributed by atoms with Crippen molar-refractivity contribution < 1.29 is 23.1 Å². The van der Waals surface area contributed by atoms with Crippen molar-refractivity contribution in [1.29, 1.82) is 0 Å². The average molecular weight is 323 g/mol. The number of phenols is 1. The summed E-state index contributed by atoms with van der Waals surface area (Å²) in [6.07, 6.45) is -3.98. The van der Waals surface area contributed by atoms with Crippen LogP contribution in [0.25, 0.3) is 11.1 Å². The Bertz CT molecular complexity index is 711. The Balaban J connectivity index is 2.38. The minimum Gasteiger partial charge on any atom is -0.508 e. The molecule has 0 bridgehead atoms. The van der Waals surface area contributed by atoms with Crippen LogP contribution in [0.2, 0.25) is 0 Å². The summed E-state index contributed by atoms with van der Waals surface area (Å²) in [5, 5.41) is 12.3. The molecular formula is C17H16F3NO2. The molecule has 0 fully saturated rings. The third kappa shape index (κ3) is 4.48. The first-order chi connectivity index (χ1) is 10.8. The zero-order valence-corrected chi connectivity index (χ0v) is 12.4. The van der Waals surface area contributed by atoms with Gasteiger partial charge in [-0.3, -0.25) is 4.79 Å². The quantitative estimate of drug-likeness (QED) is 0.900. The van der Waals surface area contributed by atoms with Gasteiger partial charge in [-0.05, 0) is 47.4 Å². The molecule has 0 saturated carbocycles. The average Bonchev–Trinajstić information content (AvgIpc) is 2.47. The zero-order chi connectivity index (χ0) is 17.0. The third-order valence-corrected chi connectivity index (χ3v) is 3.36. The molecule has 2 rings (SSSR count). The molecule has 0 heterocycles. The number of aromatic hydroxyl groups is 1. The van der Waals surface area contributed by atoms with E-state index in [0.29, 0.717) is 24.1 Å². The second-order valence-electron chi connectivity index (χ2n) is 5.15. The fourth-order valence-electron chi connectivity index (χ4n) is 2.29. The molecule has 1 amide bonds. The number of nitrogens with one attached hydrogen (secondary N) is 1. The van der Waals surface area contributed by atoms with Gasteiger partial charge in [0.25, 0.3) is 0 Å². The van der Waals surface area contributed by atoms with Gasteiger partial charge in [0.05, 0.1) is 5.56 Å². The van der Waals surface area contributed by atoms with Gasteiger partial charge in [-0.1, -0.05) is 18.2 Å². The van der Waals surface area contributed by atoms with Gasteiger partial charge in [0.2, 0.25) is 5.91 Å². The molecule has 0 aliphatic carbocycles. The van der Waals surface area contributed by atoms with Gasteiger partial charge in [-0.2, -0.15) is 13.2 Å². The lowest BCUT2D eigenvalue weighted by atomic mass is 9.96. The highest BCUT2D eigenvalue weighted by atomic mass is 19.4. The Labute approximate surface area is 131 Å². The number of benzene rings is 2. The fraction of sp³-hybridized carbons (Fsp3) is 0.235. The molecule has 0 unspecified atom stereocenters. The van der Waals surface area contributed by atoms with E-state index in [-0.39, 0.29) is 11.7 Å². The molecule has 3 nitrogen and oxygen atoms in total. The molecular weight excluding hydrogens is 307 g/mol. The van der Waals surface area contributed by atoms with Crippen LogP contribution < -0.4 is 5.32 Å². The number of hydrogen-bond donors (Lipinski definition) is 2. The maximum Gasteiger partial charge on any atom is 0.416 e. The maximum atomic E-state index is 12.9. The second-order valence-corrected chi connectivity index (χ2v) is 5.15. The Morgan fingerprint density at radius 3 is 2.57 bits per heavy atom. The molecule has 2 N–H and O–H groups in total. The number of hydrogen-bond acceptors (Lipinski definition) is 2. The van der Waals surface area contributed by atoms with Crippen molar-refractivity contribution in [2.75, 3.05) is 6.54 Å². The summed E-state index contributed by atoms with van der Waals surface area (Å²) in [5.41, 5.74) is 0.886. The molecule has 2 aromatic rings. The van der Waals surface area contributed by atoms with Crippen LogP contribution in [0.15, 0.2) is 42.5 Å². The lowest BCUT2D eigenvalue weighted by Gasteiger charge is -2.13. The van der Waals surface area contributed by atoms with E-state index >= 15 is 0 Å². The Hall–Kier alpha value is -2.50. The number of rotatable bonds is 4. The van der Waals surface area contributed by atoms with Gasteiger partial charge in [0.1, 0.15) is 5.75 Å². The first kappa shape index (κ1) is 16.9. The van der Waals surface area contributed by atoms with Crippen LogP contribution >= 0.6 is 0 Å². The summed E-state index contributed by atoms with van der Waals surface area (Å²) in [4.78, 5) is 10.9. The normalized spacial score (nSPS) is 11.3. The van der Waals surface area contributed by atoms with E-state index in [4.69, 9.17) is 0 Å². The number of amides is 1. The summed E-state index contributed by atoms with van der Waals surface area (Å²) in [5.74, 6) is -0.204. The number of phenolic OH excluding ortho intramolecular Hbond substituents is 1. The fourth-order valence-corrected chi connectivity index (χ4v) is 2.29. The predicted molar refractivity (Wildman–Crippen MR) is 80.9 cm³/mol.